The van der Waals surface area contributed by atoms with Gasteiger partial charge >= 0.3 is 0 Å². The summed E-state index contributed by atoms with van der Waals surface area (Å²) >= 11 is 3.69. The Hall–Kier alpha value is -9.66. The fraction of sp³-hybridized carbons (Fsp3) is 0.0141. The molecule has 6 aromatic heterocycles. The Labute approximate surface area is 452 Å². The van der Waals surface area contributed by atoms with E-state index < -0.39 is 0 Å². The van der Waals surface area contributed by atoms with Crippen LogP contribution in [0, 0.1) is 0 Å². The molecule has 364 valence electrons. The van der Waals surface area contributed by atoms with Crippen LogP contribution in [0.1, 0.15) is 22.6 Å². The number of furan rings is 3. The predicted molar refractivity (Wildman–Crippen MR) is 329 cm³/mol. The zero-order chi connectivity index (χ0) is 50.7. The smallest absolute Gasteiger partial charge is 0.143 e. The summed E-state index contributed by atoms with van der Waals surface area (Å²) in [6.07, 6.45) is 0. The molecule has 0 spiro atoms. The minimum absolute atomic E-state index is 0.0775. The third kappa shape index (κ3) is 6.16. The van der Waals surface area contributed by atoms with Gasteiger partial charge in [0.1, 0.15) is 33.5 Å². The van der Waals surface area contributed by atoms with Crippen molar-refractivity contribution in [3.8, 4) is 0 Å². The molecule has 0 saturated carbocycles. The lowest BCUT2D eigenvalue weighted by atomic mass is 9.84. The van der Waals surface area contributed by atoms with Crippen molar-refractivity contribution in [1.29, 1.82) is 0 Å². The molecule has 0 bridgehead atoms. The number of rotatable bonds is 6. The van der Waals surface area contributed by atoms with Gasteiger partial charge in [-0.25, -0.2) is 0 Å². The minimum atomic E-state index is -0.0775. The number of H-pyrrole nitrogens is 1. The second-order valence-electron chi connectivity index (χ2n) is 20.8. The summed E-state index contributed by atoms with van der Waals surface area (Å²) in [6, 6.07) is 83.9. The fourth-order valence-electron chi connectivity index (χ4n) is 12.9. The van der Waals surface area contributed by atoms with E-state index in [1.807, 2.05) is 34.8 Å². The van der Waals surface area contributed by atoms with Crippen LogP contribution >= 0.6 is 22.7 Å². The second kappa shape index (κ2) is 15.9. The lowest BCUT2D eigenvalue weighted by Gasteiger charge is -2.26. The molecule has 18 rings (SSSR count). The van der Waals surface area contributed by atoms with E-state index in [4.69, 9.17) is 13.3 Å². The van der Waals surface area contributed by atoms with Crippen LogP contribution < -0.4 is 4.90 Å². The molecule has 1 N–H and O–H groups in total. The van der Waals surface area contributed by atoms with E-state index in [1.165, 1.54) is 62.2 Å². The van der Waals surface area contributed by atoms with Gasteiger partial charge in [0.2, 0.25) is 0 Å². The van der Waals surface area contributed by atoms with Gasteiger partial charge in [-0.2, -0.15) is 0 Å². The van der Waals surface area contributed by atoms with Crippen LogP contribution in [0.15, 0.2) is 244 Å². The van der Waals surface area contributed by atoms with E-state index in [0.29, 0.717) is 0 Å². The Bertz CT molecular complexity index is 5000. The summed E-state index contributed by atoms with van der Waals surface area (Å²) in [7, 11) is 0. The summed E-state index contributed by atoms with van der Waals surface area (Å²) in [5.74, 6) is -0.0775. The van der Waals surface area contributed by atoms with Gasteiger partial charge in [0.25, 0.3) is 0 Å². The molecule has 6 heterocycles. The van der Waals surface area contributed by atoms with E-state index in [-0.39, 0.29) is 5.92 Å². The molecule has 0 amide bonds. The molecule has 0 fully saturated rings. The summed E-state index contributed by atoms with van der Waals surface area (Å²) < 4.78 is 25.6. The maximum absolute atomic E-state index is 7.07. The largest absolute Gasteiger partial charge is 0.456 e. The molecule has 1 atom stereocenters. The third-order valence-corrected chi connectivity index (χ3v) is 18.8. The third-order valence-electron chi connectivity index (χ3n) is 16.5. The van der Waals surface area contributed by atoms with Gasteiger partial charge in [-0.3, -0.25) is 0 Å². The molecule has 18 aromatic rings. The van der Waals surface area contributed by atoms with Crippen LogP contribution in [0.2, 0.25) is 0 Å². The van der Waals surface area contributed by atoms with Crippen molar-refractivity contribution in [1.82, 2.24) is 4.98 Å². The monoisotopic (exact) mass is 1030 g/mol. The number of aromatic nitrogens is 1. The first-order chi connectivity index (χ1) is 38.6. The van der Waals surface area contributed by atoms with E-state index in [0.717, 1.165) is 110 Å². The zero-order valence-electron chi connectivity index (χ0n) is 41.5. The maximum Gasteiger partial charge on any atom is 0.143 e. The Morgan fingerprint density at radius 1 is 0.282 bits per heavy atom. The lowest BCUT2D eigenvalue weighted by molar-refractivity contribution is 0.668. The van der Waals surface area contributed by atoms with Crippen molar-refractivity contribution in [2.45, 2.75) is 5.92 Å². The average Bonchev–Trinajstić information content (AvgIpc) is 4.54. The van der Waals surface area contributed by atoms with Gasteiger partial charge in [0.15, 0.2) is 0 Å². The van der Waals surface area contributed by atoms with Crippen molar-refractivity contribution in [3.63, 3.8) is 0 Å². The first-order valence-corrected chi connectivity index (χ1v) is 28.0. The van der Waals surface area contributed by atoms with Crippen molar-refractivity contribution in [2.75, 3.05) is 4.90 Å². The second-order valence-corrected chi connectivity index (χ2v) is 22.9. The van der Waals surface area contributed by atoms with Gasteiger partial charge < -0.3 is 23.1 Å². The van der Waals surface area contributed by atoms with Gasteiger partial charge in [-0.1, -0.05) is 97.1 Å². The maximum atomic E-state index is 7.07. The highest BCUT2D eigenvalue weighted by molar-refractivity contribution is 7.26. The molecule has 12 aromatic carbocycles. The minimum Gasteiger partial charge on any atom is -0.456 e. The van der Waals surface area contributed by atoms with Crippen LogP contribution in [0.3, 0.4) is 0 Å². The number of para-hydroxylation sites is 2. The topological polar surface area (TPSA) is 58.5 Å². The molecule has 1 unspecified atom stereocenters. The molecular weight excluding hydrogens is 993 g/mol. The van der Waals surface area contributed by atoms with Crippen molar-refractivity contribution < 1.29 is 13.3 Å². The highest BCUT2D eigenvalue weighted by atomic mass is 32.1. The number of benzene rings is 12. The highest BCUT2D eigenvalue weighted by Gasteiger charge is 2.24. The number of nitrogens with one attached hydrogen (secondary N) is 1. The van der Waals surface area contributed by atoms with Gasteiger partial charge in [-0.05, 0) is 144 Å². The van der Waals surface area contributed by atoms with Gasteiger partial charge in [0, 0.05) is 134 Å². The summed E-state index contributed by atoms with van der Waals surface area (Å²) in [5.41, 5.74) is 14.1. The highest BCUT2D eigenvalue weighted by Crippen LogP contribution is 2.47. The van der Waals surface area contributed by atoms with Crippen molar-refractivity contribution in [2.24, 2.45) is 0 Å². The Morgan fingerprint density at radius 3 is 1.47 bits per heavy atom. The number of aromatic amines is 1. The zero-order valence-corrected chi connectivity index (χ0v) is 43.1. The molecule has 78 heavy (non-hydrogen) atoms. The Balaban J connectivity index is 0.783. The number of fused-ring (bicyclic) bond motifs is 21. The van der Waals surface area contributed by atoms with Gasteiger partial charge in [0.05, 0.1) is 0 Å². The average molecular weight is 1030 g/mol. The van der Waals surface area contributed by atoms with E-state index >= 15 is 0 Å². The molecule has 5 nitrogen and oxygen atoms in total. The summed E-state index contributed by atoms with van der Waals surface area (Å²) in [4.78, 5) is 6.00. The number of hydrogen-bond donors (Lipinski definition) is 1. The normalized spacial score (nSPS) is 12.8. The van der Waals surface area contributed by atoms with Gasteiger partial charge in [-0.15, -0.1) is 22.7 Å². The van der Waals surface area contributed by atoms with Crippen LogP contribution in [-0.2, 0) is 0 Å². The summed E-state index contributed by atoms with van der Waals surface area (Å²) in [6.45, 7) is 0. The Kier molecular flexibility index (Phi) is 8.70. The quantitative estimate of drug-likeness (QED) is 0.169. The molecular formula is C71H40N2O3S2. The number of nitrogens with zero attached hydrogens (tertiary/aromatic N) is 1. The lowest BCUT2D eigenvalue weighted by Crippen LogP contribution is -2.09. The van der Waals surface area contributed by atoms with Crippen LogP contribution in [0.25, 0.3) is 139 Å². The molecule has 7 heteroatoms. The SMILES string of the molecule is c1ccc2c(c1)[nH]c1ccc(N(c3ccc4c(c3)oc3c4ccc4c3ccc3c5ccc(C(c6ccc7oc8ccccc8c7c6)c6ccc7sc8ccccc8c7c6)cc5oc34)c3ccc4sc5ccccc5c4c3)cc12. The number of thiophene rings is 2. The fourth-order valence-corrected chi connectivity index (χ4v) is 15.1. The first kappa shape index (κ1) is 42.6. The van der Waals surface area contributed by atoms with E-state index in [1.54, 1.807) is 0 Å². The van der Waals surface area contributed by atoms with Crippen molar-refractivity contribution >= 4 is 178 Å². The molecule has 0 saturated heterocycles. The van der Waals surface area contributed by atoms with E-state index in [2.05, 4.69) is 228 Å². The molecule has 0 aliphatic heterocycles. The predicted octanol–water partition coefficient (Wildman–Crippen LogP) is 21.6. The van der Waals surface area contributed by atoms with E-state index in [9.17, 15) is 0 Å². The van der Waals surface area contributed by atoms with Crippen molar-refractivity contribution in [3.05, 3.63) is 247 Å². The number of anilines is 3. The molecule has 0 aliphatic rings. The standard InChI is InChI=1S/C71H40N2O3S2/c1-5-13-59-45(9-1)55-36-42(21-29-60(55)72-59)73(43-22-32-68-58(37-43)50-12-4-8-16-66(50)78-68)44-20-24-48-52-26-28-53-54(71(52)76-64(48)38-44)27-25-51-47-23-17-41(35-63(47)75-70(51)53)69(39-18-30-62-56(33-39)46-10-2-6-14-61(46)74-62)40-19-31-67-57(34-40)49-11-3-7-15-65(49)77-67/h1-38,69,72H. The van der Waals surface area contributed by atoms with Crippen LogP contribution in [0.5, 0.6) is 0 Å². The molecule has 0 aliphatic carbocycles. The Morgan fingerprint density at radius 2 is 0.731 bits per heavy atom. The molecule has 0 radical (unpaired) electrons. The number of hydrogen-bond acceptors (Lipinski definition) is 6. The van der Waals surface area contributed by atoms with Crippen LogP contribution in [-0.4, -0.2) is 4.98 Å². The van der Waals surface area contributed by atoms with Crippen LogP contribution in [0.4, 0.5) is 17.1 Å². The summed E-state index contributed by atoms with van der Waals surface area (Å²) in [5, 5.41) is 16.0. The first-order valence-electron chi connectivity index (χ1n) is 26.4.